The maximum Gasteiger partial charge on any atom is 0.319 e. The first-order chi connectivity index (χ1) is 12.4. The molecule has 8 nitrogen and oxygen atoms in total. The summed E-state index contributed by atoms with van der Waals surface area (Å²) in [6.45, 7) is 6.65. The lowest BCUT2D eigenvalue weighted by atomic mass is 9.97. The van der Waals surface area contributed by atoms with E-state index in [2.05, 4.69) is 20.6 Å². The van der Waals surface area contributed by atoms with Crippen molar-refractivity contribution in [1.82, 2.24) is 15.3 Å². The van der Waals surface area contributed by atoms with Gasteiger partial charge >= 0.3 is 6.03 Å². The van der Waals surface area contributed by atoms with E-state index in [-0.39, 0.29) is 23.0 Å². The highest BCUT2D eigenvalue weighted by atomic mass is 32.2. The highest BCUT2D eigenvalue weighted by Crippen LogP contribution is 2.20. The third-order valence-electron chi connectivity index (χ3n) is 3.39. The molecule has 0 spiro atoms. The van der Waals surface area contributed by atoms with E-state index in [1.54, 1.807) is 24.3 Å². The SMILES string of the molecule is CC(C)(C)CNC(=O)Nc1ccc(-c2nc(N)cc(CS(C)(=O)=O)n2)cc1. The molecule has 4 N–H and O–H groups in total. The van der Waals surface area contributed by atoms with E-state index in [4.69, 9.17) is 5.73 Å². The van der Waals surface area contributed by atoms with Gasteiger partial charge in [0, 0.05) is 30.1 Å². The maximum absolute atomic E-state index is 11.9. The molecule has 2 aromatic rings. The summed E-state index contributed by atoms with van der Waals surface area (Å²) >= 11 is 0. The van der Waals surface area contributed by atoms with Crippen LogP contribution >= 0.6 is 0 Å². The Morgan fingerprint density at radius 1 is 1.15 bits per heavy atom. The van der Waals surface area contributed by atoms with Gasteiger partial charge in [-0.05, 0) is 29.7 Å². The van der Waals surface area contributed by atoms with Gasteiger partial charge in [0.2, 0.25) is 0 Å². The van der Waals surface area contributed by atoms with Crippen molar-refractivity contribution in [1.29, 1.82) is 0 Å². The summed E-state index contributed by atoms with van der Waals surface area (Å²) in [5.41, 5.74) is 7.38. The van der Waals surface area contributed by atoms with E-state index in [1.807, 2.05) is 20.8 Å². The molecule has 0 saturated heterocycles. The monoisotopic (exact) mass is 391 g/mol. The molecule has 146 valence electrons. The molecular weight excluding hydrogens is 366 g/mol. The molecule has 0 aliphatic rings. The van der Waals surface area contributed by atoms with E-state index >= 15 is 0 Å². The molecule has 0 saturated carbocycles. The summed E-state index contributed by atoms with van der Waals surface area (Å²) in [5.74, 6) is 0.320. The zero-order valence-corrected chi connectivity index (χ0v) is 16.7. The van der Waals surface area contributed by atoms with Gasteiger partial charge < -0.3 is 16.4 Å². The van der Waals surface area contributed by atoms with Gasteiger partial charge in [-0.25, -0.2) is 23.2 Å². The number of hydrogen-bond donors (Lipinski definition) is 3. The Morgan fingerprint density at radius 2 is 1.78 bits per heavy atom. The second-order valence-electron chi connectivity index (χ2n) is 7.62. The molecule has 2 rings (SSSR count). The van der Waals surface area contributed by atoms with E-state index in [0.717, 1.165) is 6.26 Å². The Kier molecular flexibility index (Phi) is 6.04. The number of aromatic nitrogens is 2. The van der Waals surface area contributed by atoms with Crippen molar-refractivity contribution in [3.05, 3.63) is 36.0 Å². The minimum absolute atomic E-state index is 0.00451. The second-order valence-corrected chi connectivity index (χ2v) is 9.76. The van der Waals surface area contributed by atoms with Gasteiger partial charge in [0.25, 0.3) is 0 Å². The molecule has 0 unspecified atom stereocenters. The number of nitrogens with two attached hydrogens (primary N) is 1. The van der Waals surface area contributed by atoms with Crippen molar-refractivity contribution < 1.29 is 13.2 Å². The Balaban J connectivity index is 2.12. The first-order valence-electron chi connectivity index (χ1n) is 8.38. The fourth-order valence-corrected chi connectivity index (χ4v) is 2.90. The standard InChI is InChI=1S/C18H25N5O3S/c1-18(2,3)11-20-17(24)22-13-7-5-12(6-8-13)16-21-14(9-15(19)23-16)10-27(4,25)26/h5-9H,10-11H2,1-4H3,(H2,19,21,23)(H2,20,22,24). The number of nitrogen functional groups attached to an aromatic ring is 1. The first-order valence-corrected chi connectivity index (χ1v) is 10.4. The van der Waals surface area contributed by atoms with Crippen LogP contribution in [0.4, 0.5) is 16.3 Å². The largest absolute Gasteiger partial charge is 0.384 e. The predicted molar refractivity (Wildman–Crippen MR) is 107 cm³/mol. The average Bonchev–Trinajstić information content (AvgIpc) is 2.51. The summed E-state index contributed by atoms with van der Waals surface area (Å²) < 4.78 is 22.9. The van der Waals surface area contributed by atoms with Crippen molar-refractivity contribution in [3.8, 4) is 11.4 Å². The molecule has 1 aromatic carbocycles. The molecule has 0 aliphatic heterocycles. The zero-order valence-electron chi connectivity index (χ0n) is 15.9. The number of hydrogen-bond acceptors (Lipinski definition) is 6. The summed E-state index contributed by atoms with van der Waals surface area (Å²) in [5, 5.41) is 5.56. The zero-order chi connectivity index (χ0) is 20.2. The molecule has 0 aliphatic carbocycles. The summed E-state index contributed by atoms with van der Waals surface area (Å²) in [6, 6.07) is 8.06. The quantitative estimate of drug-likeness (QED) is 0.718. The lowest BCUT2D eigenvalue weighted by Gasteiger charge is -2.18. The number of sulfone groups is 1. The van der Waals surface area contributed by atoms with E-state index < -0.39 is 9.84 Å². The Morgan fingerprint density at radius 3 is 2.33 bits per heavy atom. The van der Waals surface area contributed by atoms with Crippen LogP contribution in [0.15, 0.2) is 30.3 Å². The lowest BCUT2D eigenvalue weighted by Crippen LogP contribution is -2.35. The Hall–Kier alpha value is -2.68. The number of nitrogens with one attached hydrogen (secondary N) is 2. The highest BCUT2D eigenvalue weighted by Gasteiger charge is 2.13. The molecule has 0 fully saturated rings. The van der Waals surface area contributed by atoms with Crippen LogP contribution in [0.5, 0.6) is 0 Å². The fraction of sp³-hybridized carbons (Fsp3) is 0.389. The van der Waals surface area contributed by atoms with Gasteiger partial charge in [0.1, 0.15) is 5.82 Å². The maximum atomic E-state index is 11.9. The Labute approximate surface area is 159 Å². The molecular formula is C18H25N5O3S. The van der Waals surface area contributed by atoms with Crippen LogP contribution in [0.2, 0.25) is 0 Å². The highest BCUT2D eigenvalue weighted by molar-refractivity contribution is 7.89. The molecule has 1 aromatic heterocycles. The number of anilines is 2. The number of carbonyl (C=O) groups excluding carboxylic acids is 1. The van der Waals surface area contributed by atoms with Crippen LogP contribution in [0, 0.1) is 5.41 Å². The normalized spacial score (nSPS) is 11.9. The summed E-state index contributed by atoms with van der Waals surface area (Å²) in [6.07, 6.45) is 1.14. The van der Waals surface area contributed by atoms with Crippen molar-refractivity contribution in [2.24, 2.45) is 5.41 Å². The number of amides is 2. The lowest BCUT2D eigenvalue weighted by molar-refractivity contribution is 0.247. The van der Waals surface area contributed by atoms with E-state index in [1.165, 1.54) is 6.07 Å². The van der Waals surface area contributed by atoms with E-state index in [9.17, 15) is 13.2 Å². The first kappa shape index (κ1) is 20.6. The minimum Gasteiger partial charge on any atom is -0.384 e. The molecule has 0 bridgehead atoms. The molecule has 1 heterocycles. The van der Waals surface area contributed by atoms with Crippen molar-refractivity contribution >= 4 is 27.4 Å². The number of nitrogens with zero attached hydrogens (tertiary/aromatic N) is 2. The molecule has 0 atom stereocenters. The number of urea groups is 1. The van der Waals surface area contributed by atoms with Gasteiger partial charge in [0.15, 0.2) is 15.7 Å². The van der Waals surface area contributed by atoms with Gasteiger partial charge in [-0.3, -0.25) is 0 Å². The predicted octanol–water partition coefficient (Wildman–Crippen LogP) is 2.44. The third kappa shape index (κ3) is 7.22. The number of benzene rings is 1. The van der Waals surface area contributed by atoms with Crippen LogP contribution in [0.1, 0.15) is 26.5 Å². The number of carbonyl (C=O) groups is 1. The second kappa shape index (κ2) is 7.91. The third-order valence-corrected chi connectivity index (χ3v) is 4.21. The molecule has 9 heteroatoms. The summed E-state index contributed by atoms with van der Waals surface area (Å²) in [4.78, 5) is 20.3. The van der Waals surface area contributed by atoms with Crippen LogP contribution < -0.4 is 16.4 Å². The van der Waals surface area contributed by atoms with Crippen molar-refractivity contribution in [3.63, 3.8) is 0 Å². The fourth-order valence-electron chi connectivity index (χ4n) is 2.21. The van der Waals surface area contributed by atoms with Gasteiger partial charge in [0.05, 0.1) is 11.4 Å². The summed E-state index contributed by atoms with van der Waals surface area (Å²) in [7, 11) is -3.23. The smallest absolute Gasteiger partial charge is 0.319 e. The number of rotatable bonds is 5. The molecule has 27 heavy (non-hydrogen) atoms. The topological polar surface area (TPSA) is 127 Å². The van der Waals surface area contributed by atoms with Crippen LogP contribution in [0.25, 0.3) is 11.4 Å². The van der Waals surface area contributed by atoms with Crippen LogP contribution in [-0.2, 0) is 15.6 Å². The van der Waals surface area contributed by atoms with Gasteiger partial charge in [-0.2, -0.15) is 0 Å². The minimum atomic E-state index is -3.23. The van der Waals surface area contributed by atoms with Crippen LogP contribution in [-0.4, -0.2) is 37.2 Å². The van der Waals surface area contributed by atoms with Crippen molar-refractivity contribution in [2.45, 2.75) is 26.5 Å². The Bertz CT molecular complexity index is 919. The average molecular weight is 391 g/mol. The molecule has 0 radical (unpaired) electrons. The van der Waals surface area contributed by atoms with Crippen LogP contribution in [0.3, 0.4) is 0 Å². The van der Waals surface area contributed by atoms with Crippen molar-refractivity contribution in [2.75, 3.05) is 23.9 Å². The van der Waals surface area contributed by atoms with Gasteiger partial charge in [-0.1, -0.05) is 20.8 Å². The molecule has 2 amide bonds. The van der Waals surface area contributed by atoms with Gasteiger partial charge in [-0.15, -0.1) is 0 Å². The van der Waals surface area contributed by atoms with E-state index in [0.29, 0.717) is 29.3 Å².